The van der Waals surface area contributed by atoms with Gasteiger partial charge >= 0.3 is 241 Å². The predicted octanol–water partition coefficient (Wildman–Crippen LogP) is 3.50. The SMILES string of the molecule is CCC(=O)C(CCCC[C@@H]1NC(=O)[C@H]2CCCCN2C(=O)[C@H](C(C)CC)NC(=O)[C@H](Cc2cn(OC)c3ccccc23)NC1=O)[Se]c1ccccc1. The molecule has 2 fully saturated rings. The fourth-order valence-corrected chi connectivity index (χ4v) is 9.78. The van der Waals surface area contributed by atoms with Crippen LogP contribution in [0.25, 0.3) is 10.9 Å². The summed E-state index contributed by atoms with van der Waals surface area (Å²) in [7, 11) is 1.56. The van der Waals surface area contributed by atoms with Crippen LogP contribution in [0.5, 0.6) is 0 Å². The first-order chi connectivity index (χ1) is 25.1. The maximum absolute atomic E-state index is 14.2. The van der Waals surface area contributed by atoms with Crippen LogP contribution in [-0.2, 0) is 30.4 Å². The normalized spacial score (nSPS) is 22.7. The third-order valence-electron chi connectivity index (χ3n) is 10.5. The van der Waals surface area contributed by atoms with Crippen molar-refractivity contribution in [2.45, 2.75) is 114 Å². The molecule has 2 aliphatic heterocycles. The molecule has 0 radical (unpaired) electrons. The molecule has 4 amide bonds. The first-order valence-corrected chi connectivity index (χ1v) is 20.6. The second-order valence-electron chi connectivity index (χ2n) is 13.9. The molecule has 52 heavy (non-hydrogen) atoms. The zero-order valence-electron chi connectivity index (χ0n) is 30.8. The minimum absolute atomic E-state index is 0.0102. The van der Waals surface area contributed by atoms with Crippen LogP contribution in [0.4, 0.5) is 0 Å². The number of aromatic nitrogens is 1. The number of unbranched alkanes of at least 4 members (excludes halogenated alkanes) is 1. The molecule has 3 N–H and O–H groups in total. The van der Waals surface area contributed by atoms with E-state index in [9.17, 15) is 24.0 Å². The van der Waals surface area contributed by atoms with E-state index in [4.69, 9.17) is 4.84 Å². The van der Waals surface area contributed by atoms with Crippen molar-refractivity contribution in [3.8, 4) is 0 Å². The minimum atomic E-state index is -1.03. The number of nitrogens with one attached hydrogen (secondary N) is 3. The van der Waals surface area contributed by atoms with Crippen molar-refractivity contribution in [1.29, 1.82) is 0 Å². The van der Waals surface area contributed by atoms with Crippen LogP contribution in [0.1, 0.15) is 84.1 Å². The average Bonchev–Trinajstić information content (AvgIpc) is 3.53. The van der Waals surface area contributed by atoms with E-state index in [0.29, 0.717) is 51.5 Å². The summed E-state index contributed by atoms with van der Waals surface area (Å²) >= 11 is -0.0102. The summed E-state index contributed by atoms with van der Waals surface area (Å²) in [6.07, 6.45) is 7.42. The second kappa shape index (κ2) is 18.6. The molecular formula is C40H53N5O6Se. The van der Waals surface area contributed by atoms with E-state index < -0.39 is 36.0 Å². The number of hydrogen-bond donors (Lipinski definition) is 3. The van der Waals surface area contributed by atoms with Gasteiger partial charge in [0.05, 0.1) is 5.52 Å². The van der Waals surface area contributed by atoms with Gasteiger partial charge in [-0.25, -0.2) is 0 Å². The van der Waals surface area contributed by atoms with Gasteiger partial charge in [0.25, 0.3) is 0 Å². The number of ketones is 1. The van der Waals surface area contributed by atoms with Gasteiger partial charge in [0.1, 0.15) is 7.11 Å². The summed E-state index contributed by atoms with van der Waals surface area (Å²) in [5.41, 5.74) is 1.61. The number of benzene rings is 2. The number of hydrogen-bond acceptors (Lipinski definition) is 6. The molecule has 3 heterocycles. The number of rotatable bonds is 14. The molecule has 280 valence electrons. The first-order valence-electron chi connectivity index (χ1n) is 18.7. The Bertz CT molecular complexity index is 1710. The zero-order chi connectivity index (χ0) is 37.2. The molecule has 11 nitrogen and oxygen atoms in total. The Morgan fingerprint density at radius 2 is 1.62 bits per heavy atom. The van der Waals surface area contributed by atoms with Crippen molar-refractivity contribution >= 4 is 59.7 Å². The molecule has 6 atom stereocenters. The van der Waals surface area contributed by atoms with E-state index in [1.807, 2.05) is 63.2 Å². The Kier molecular flexibility index (Phi) is 13.9. The molecule has 1 aromatic heterocycles. The van der Waals surface area contributed by atoms with Crippen molar-refractivity contribution in [2.75, 3.05) is 13.7 Å². The van der Waals surface area contributed by atoms with Crippen molar-refractivity contribution < 1.29 is 28.8 Å². The fourth-order valence-electron chi connectivity index (χ4n) is 7.21. The molecule has 5 rings (SSSR count). The van der Waals surface area contributed by atoms with Crippen LogP contribution in [0, 0.1) is 5.92 Å². The molecule has 12 heteroatoms. The van der Waals surface area contributed by atoms with Gasteiger partial charge in [0.2, 0.25) is 0 Å². The van der Waals surface area contributed by atoms with Crippen molar-refractivity contribution in [1.82, 2.24) is 25.6 Å². The number of carbonyl (C=O) groups excluding carboxylic acids is 5. The number of amides is 4. The van der Waals surface area contributed by atoms with Crippen molar-refractivity contribution in [3.05, 3.63) is 66.4 Å². The Morgan fingerprint density at radius 1 is 0.904 bits per heavy atom. The van der Waals surface area contributed by atoms with E-state index in [1.54, 1.807) is 22.9 Å². The summed E-state index contributed by atoms with van der Waals surface area (Å²) in [4.78, 5) is 76.6. The molecular weight excluding hydrogens is 725 g/mol. The number of para-hydroxylation sites is 1. The van der Waals surface area contributed by atoms with Gasteiger partial charge in [-0.05, 0) is 12.0 Å². The molecule has 0 saturated carbocycles. The van der Waals surface area contributed by atoms with Gasteiger partial charge in [0, 0.05) is 0 Å². The summed E-state index contributed by atoms with van der Waals surface area (Å²) in [6.45, 7) is 6.19. The van der Waals surface area contributed by atoms with Gasteiger partial charge in [-0.15, -0.1) is 0 Å². The van der Waals surface area contributed by atoms with Crippen LogP contribution in [0.3, 0.4) is 0 Å². The zero-order valence-corrected chi connectivity index (χ0v) is 32.5. The average molecular weight is 779 g/mol. The summed E-state index contributed by atoms with van der Waals surface area (Å²) < 4.78 is 2.80. The molecule has 2 saturated heterocycles. The van der Waals surface area contributed by atoms with Gasteiger partial charge in [0.15, 0.2) is 0 Å². The fraction of sp³-hybridized carbons (Fsp3) is 0.525. The van der Waals surface area contributed by atoms with E-state index >= 15 is 0 Å². The molecule has 2 aliphatic rings. The second-order valence-corrected chi connectivity index (χ2v) is 16.6. The Balaban J connectivity index is 1.41. The van der Waals surface area contributed by atoms with E-state index in [0.717, 1.165) is 29.3 Å². The molecule has 0 aliphatic carbocycles. The van der Waals surface area contributed by atoms with Crippen LogP contribution in [0.15, 0.2) is 60.8 Å². The van der Waals surface area contributed by atoms with Gasteiger partial charge in [-0.3, -0.25) is 0 Å². The predicted molar refractivity (Wildman–Crippen MR) is 202 cm³/mol. The first kappa shape index (κ1) is 39.1. The molecule has 0 bridgehead atoms. The topological polar surface area (TPSA) is 139 Å². The molecule has 3 aromatic rings. The standard InChI is InChI=1S/C40H53N5O6Se/c1-5-26(3)36-40(50)44-23-15-14-21-33(44)39(49)41-30(19-11-13-22-35(34(46)6-2)52-28-16-8-7-9-17-28)37(47)42-31(38(48)43-36)24-27-25-45(51-4)32-20-12-10-18-29(27)32/h7-10,12,16-18,20,25-26,30-31,33,35-36H,5-6,11,13-15,19,21-24H2,1-4H3,(H,41,49)(H,42,47)(H,43,48)/t26?,30-,31-,33+,35?,36-/m0/s1. The molecule has 2 unspecified atom stereocenters. The van der Waals surface area contributed by atoms with Crippen LogP contribution >= 0.6 is 0 Å². The van der Waals surface area contributed by atoms with Gasteiger partial charge in [-0.1, -0.05) is 38.5 Å². The number of piperidine rings is 1. The summed E-state index contributed by atoms with van der Waals surface area (Å²) in [5, 5.41) is 9.87. The number of nitrogens with zero attached hydrogens (tertiary/aromatic N) is 2. The van der Waals surface area contributed by atoms with Gasteiger partial charge < -0.3 is 4.84 Å². The van der Waals surface area contributed by atoms with Crippen molar-refractivity contribution in [2.24, 2.45) is 5.92 Å². The Labute approximate surface area is 313 Å². The van der Waals surface area contributed by atoms with Crippen LogP contribution in [-0.4, -0.2) is 91.8 Å². The van der Waals surface area contributed by atoms with E-state index in [-0.39, 0.29) is 49.7 Å². The summed E-state index contributed by atoms with van der Waals surface area (Å²) in [5.74, 6) is -1.49. The number of fused-ring (bicyclic) bond motifs is 2. The van der Waals surface area contributed by atoms with E-state index in [2.05, 4.69) is 28.1 Å². The van der Waals surface area contributed by atoms with Crippen LogP contribution in [0.2, 0.25) is 4.82 Å². The number of Topliss-reactive ketones (excluding diaryl/α,β-unsaturated/α-hetero) is 1. The number of carbonyl (C=O) groups is 5. The summed E-state index contributed by atoms with van der Waals surface area (Å²) in [6, 6.07) is 14.2. The third-order valence-corrected chi connectivity index (χ3v) is 13.2. The Hall–Kier alpha value is -4.15. The van der Waals surface area contributed by atoms with E-state index in [1.165, 1.54) is 4.46 Å². The maximum atomic E-state index is 14.2. The quantitative estimate of drug-likeness (QED) is 0.169. The monoisotopic (exact) mass is 779 g/mol. The molecule has 0 spiro atoms. The third kappa shape index (κ3) is 9.44. The molecule has 2 aromatic carbocycles. The van der Waals surface area contributed by atoms with Crippen LogP contribution < -0.4 is 25.2 Å². The van der Waals surface area contributed by atoms with Crippen molar-refractivity contribution in [3.63, 3.8) is 0 Å². The van der Waals surface area contributed by atoms with Gasteiger partial charge in [-0.2, -0.15) is 4.73 Å². The Morgan fingerprint density at radius 3 is 2.35 bits per heavy atom.